The van der Waals surface area contributed by atoms with Gasteiger partial charge in [0, 0.05) is 37.0 Å². The van der Waals surface area contributed by atoms with Gasteiger partial charge >= 0.3 is 0 Å². The zero-order valence-electron chi connectivity index (χ0n) is 11.5. The van der Waals surface area contributed by atoms with Crippen LogP contribution in [0.2, 0.25) is 0 Å². The summed E-state index contributed by atoms with van der Waals surface area (Å²) in [5.41, 5.74) is 2.49. The summed E-state index contributed by atoms with van der Waals surface area (Å²) >= 11 is 0. The highest BCUT2D eigenvalue weighted by Gasteiger charge is 2.04. The highest BCUT2D eigenvalue weighted by Crippen LogP contribution is 2.14. The Balaban J connectivity index is 1.96. The van der Waals surface area contributed by atoms with Crippen molar-refractivity contribution in [3.63, 3.8) is 0 Å². The van der Waals surface area contributed by atoms with E-state index in [1.165, 1.54) is 12.1 Å². The summed E-state index contributed by atoms with van der Waals surface area (Å²) in [6.45, 7) is 0.553. The van der Waals surface area contributed by atoms with E-state index in [9.17, 15) is 14.9 Å². The van der Waals surface area contributed by atoms with E-state index in [1.54, 1.807) is 31.3 Å². The molecule has 0 bridgehead atoms. The number of amides is 1. The maximum atomic E-state index is 11.4. The fourth-order valence-corrected chi connectivity index (χ4v) is 1.82. The molecule has 0 saturated heterocycles. The normalized spacial score (nSPS) is 9.95. The van der Waals surface area contributed by atoms with Crippen LogP contribution in [0.15, 0.2) is 48.5 Å². The topological polar surface area (TPSA) is 84.3 Å². The van der Waals surface area contributed by atoms with Gasteiger partial charge in [-0.1, -0.05) is 12.1 Å². The lowest BCUT2D eigenvalue weighted by Gasteiger charge is -2.07. The summed E-state index contributed by atoms with van der Waals surface area (Å²) in [4.78, 5) is 21.5. The maximum absolute atomic E-state index is 11.4. The monoisotopic (exact) mass is 285 g/mol. The number of nitro benzene ring substituents is 1. The summed E-state index contributed by atoms with van der Waals surface area (Å²) in [5.74, 6) is -0.128. The summed E-state index contributed by atoms with van der Waals surface area (Å²) in [6, 6.07) is 13.5. The van der Waals surface area contributed by atoms with Crippen LogP contribution in [0.1, 0.15) is 15.9 Å². The molecule has 0 atom stereocenters. The maximum Gasteiger partial charge on any atom is 0.269 e. The minimum absolute atomic E-state index is 0.0775. The van der Waals surface area contributed by atoms with Gasteiger partial charge in [0.2, 0.25) is 0 Å². The summed E-state index contributed by atoms with van der Waals surface area (Å²) < 4.78 is 0. The number of hydrogen-bond acceptors (Lipinski definition) is 4. The molecule has 0 spiro atoms. The largest absolute Gasteiger partial charge is 0.381 e. The number of nitro groups is 1. The molecule has 0 aromatic heterocycles. The molecule has 0 fully saturated rings. The van der Waals surface area contributed by atoms with E-state index in [0.717, 1.165) is 11.3 Å². The molecule has 0 heterocycles. The lowest BCUT2D eigenvalue weighted by Crippen LogP contribution is -2.17. The molecule has 6 nitrogen and oxygen atoms in total. The Morgan fingerprint density at radius 2 is 1.71 bits per heavy atom. The molecule has 2 rings (SSSR count). The number of carbonyl (C=O) groups is 1. The van der Waals surface area contributed by atoms with E-state index in [2.05, 4.69) is 10.6 Å². The van der Waals surface area contributed by atoms with E-state index in [4.69, 9.17) is 0 Å². The van der Waals surface area contributed by atoms with Crippen molar-refractivity contribution in [1.82, 2.24) is 5.32 Å². The van der Waals surface area contributed by atoms with Crippen molar-refractivity contribution in [1.29, 1.82) is 0 Å². The van der Waals surface area contributed by atoms with E-state index < -0.39 is 4.92 Å². The van der Waals surface area contributed by atoms with E-state index in [-0.39, 0.29) is 11.6 Å². The van der Waals surface area contributed by atoms with Crippen molar-refractivity contribution in [3.8, 4) is 0 Å². The summed E-state index contributed by atoms with van der Waals surface area (Å²) in [6.07, 6.45) is 0. The number of nitrogens with zero attached hydrogens (tertiary/aromatic N) is 1. The fraction of sp³-hybridized carbons (Fsp3) is 0.133. The van der Waals surface area contributed by atoms with Crippen molar-refractivity contribution in [2.75, 3.05) is 12.4 Å². The molecular formula is C15H15N3O3. The number of non-ortho nitro benzene ring substituents is 1. The van der Waals surface area contributed by atoms with Crippen LogP contribution in [-0.4, -0.2) is 17.9 Å². The predicted molar refractivity (Wildman–Crippen MR) is 80.3 cm³/mol. The van der Waals surface area contributed by atoms with Gasteiger partial charge in [-0.15, -0.1) is 0 Å². The van der Waals surface area contributed by atoms with Crippen LogP contribution in [0.25, 0.3) is 0 Å². The number of hydrogen-bond donors (Lipinski definition) is 2. The van der Waals surface area contributed by atoms with E-state index in [0.29, 0.717) is 12.1 Å². The van der Waals surface area contributed by atoms with Gasteiger partial charge in [0.1, 0.15) is 0 Å². The molecule has 0 saturated carbocycles. The van der Waals surface area contributed by atoms with Crippen LogP contribution in [-0.2, 0) is 6.54 Å². The lowest BCUT2D eigenvalue weighted by molar-refractivity contribution is -0.384. The van der Waals surface area contributed by atoms with Crippen molar-refractivity contribution < 1.29 is 9.72 Å². The SMILES string of the molecule is CNC(=O)c1ccc(NCc2ccc([N+](=O)[O-])cc2)cc1. The first kappa shape index (κ1) is 14.5. The first-order chi connectivity index (χ1) is 10.1. The Hall–Kier alpha value is -2.89. The molecule has 2 N–H and O–H groups in total. The van der Waals surface area contributed by atoms with Crippen molar-refractivity contribution >= 4 is 17.3 Å². The van der Waals surface area contributed by atoms with Gasteiger partial charge in [-0.2, -0.15) is 0 Å². The molecular weight excluding hydrogens is 270 g/mol. The smallest absolute Gasteiger partial charge is 0.269 e. The first-order valence-electron chi connectivity index (χ1n) is 6.39. The molecule has 6 heteroatoms. The standard InChI is InChI=1S/C15H15N3O3/c1-16-15(19)12-4-6-13(7-5-12)17-10-11-2-8-14(9-3-11)18(20)21/h2-9,17H,10H2,1H3,(H,16,19). The number of benzene rings is 2. The van der Waals surface area contributed by atoms with Crippen molar-refractivity contribution in [2.24, 2.45) is 0 Å². The van der Waals surface area contributed by atoms with Gasteiger partial charge in [0.05, 0.1) is 4.92 Å². The average Bonchev–Trinajstić information content (AvgIpc) is 2.53. The molecule has 0 radical (unpaired) electrons. The van der Waals surface area contributed by atoms with Gasteiger partial charge in [-0.25, -0.2) is 0 Å². The number of carbonyl (C=O) groups excluding carboxylic acids is 1. The molecule has 1 amide bonds. The number of nitrogens with one attached hydrogen (secondary N) is 2. The summed E-state index contributed by atoms with van der Waals surface area (Å²) in [7, 11) is 1.59. The highest BCUT2D eigenvalue weighted by atomic mass is 16.6. The zero-order valence-corrected chi connectivity index (χ0v) is 11.5. The van der Waals surface area contributed by atoms with Crippen molar-refractivity contribution in [3.05, 3.63) is 69.8 Å². The van der Waals surface area contributed by atoms with E-state index >= 15 is 0 Å². The van der Waals surface area contributed by atoms with E-state index in [1.807, 2.05) is 12.1 Å². The molecule has 21 heavy (non-hydrogen) atoms. The highest BCUT2D eigenvalue weighted by molar-refractivity contribution is 5.94. The minimum atomic E-state index is -0.422. The van der Waals surface area contributed by atoms with Crippen molar-refractivity contribution in [2.45, 2.75) is 6.54 Å². The molecule has 108 valence electrons. The molecule has 0 aliphatic carbocycles. The first-order valence-corrected chi connectivity index (χ1v) is 6.39. The Morgan fingerprint density at radius 1 is 1.10 bits per heavy atom. The van der Waals surface area contributed by atoms with Crippen LogP contribution in [0.4, 0.5) is 11.4 Å². The number of rotatable bonds is 5. The second-order valence-corrected chi connectivity index (χ2v) is 4.43. The quantitative estimate of drug-likeness (QED) is 0.653. The van der Waals surface area contributed by atoms with Crippen LogP contribution in [0.3, 0.4) is 0 Å². The van der Waals surface area contributed by atoms with Gasteiger partial charge < -0.3 is 10.6 Å². The van der Waals surface area contributed by atoms with Gasteiger partial charge in [0.25, 0.3) is 11.6 Å². The van der Waals surface area contributed by atoms with Crippen LogP contribution >= 0.6 is 0 Å². The van der Waals surface area contributed by atoms with Gasteiger partial charge in [-0.3, -0.25) is 14.9 Å². The fourth-order valence-electron chi connectivity index (χ4n) is 1.82. The molecule has 2 aromatic rings. The minimum Gasteiger partial charge on any atom is -0.381 e. The van der Waals surface area contributed by atoms with Crippen LogP contribution < -0.4 is 10.6 Å². The van der Waals surface area contributed by atoms with Gasteiger partial charge in [-0.05, 0) is 29.8 Å². The lowest BCUT2D eigenvalue weighted by atomic mass is 10.1. The Labute approximate surface area is 121 Å². The Bertz CT molecular complexity index is 636. The molecule has 0 aliphatic rings. The molecule has 0 unspecified atom stereocenters. The zero-order chi connectivity index (χ0) is 15.2. The Kier molecular flexibility index (Phi) is 4.50. The van der Waals surface area contributed by atoms with Gasteiger partial charge in [0.15, 0.2) is 0 Å². The molecule has 2 aromatic carbocycles. The van der Waals surface area contributed by atoms with Crippen LogP contribution in [0, 0.1) is 10.1 Å². The average molecular weight is 285 g/mol. The molecule has 0 aliphatic heterocycles. The third kappa shape index (κ3) is 3.79. The number of anilines is 1. The Morgan fingerprint density at radius 3 is 2.24 bits per heavy atom. The second-order valence-electron chi connectivity index (χ2n) is 4.43. The summed E-state index contributed by atoms with van der Waals surface area (Å²) in [5, 5.41) is 16.3. The third-order valence-electron chi connectivity index (χ3n) is 3.02. The third-order valence-corrected chi connectivity index (χ3v) is 3.02. The predicted octanol–water partition coefficient (Wildman–Crippen LogP) is 2.57. The van der Waals surface area contributed by atoms with Crippen LogP contribution in [0.5, 0.6) is 0 Å². The second kappa shape index (κ2) is 6.51.